The van der Waals surface area contributed by atoms with E-state index in [0.717, 1.165) is 11.3 Å². The molecular weight excluding hydrogens is 373 g/mol. The lowest BCUT2D eigenvalue weighted by Crippen LogP contribution is -2.46. The van der Waals surface area contributed by atoms with Crippen LogP contribution in [0.5, 0.6) is 5.75 Å². The maximum atomic E-state index is 13.7. The van der Waals surface area contributed by atoms with E-state index in [2.05, 4.69) is 16.7 Å². The number of ether oxygens (including phenoxy) is 1. The first-order valence-electron chi connectivity index (χ1n) is 8.98. The highest BCUT2D eigenvalue weighted by atomic mass is 32.1. The number of nitrogens with zero attached hydrogens (tertiary/aromatic N) is 1. The van der Waals surface area contributed by atoms with Crippen LogP contribution in [0.4, 0.5) is 4.39 Å². The van der Waals surface area contributed by atoms with E-state index >= 15 is 0 Å². The van der Waals surface area contributed by atoms with Gasteiger partial charge in [-0.2, -0.15) is 5.26 Å². The van der Waals surface area contributed by atoms with Crippen LogP contribution >= 0.6 is 12.2 Å². The van der Waals surface area contributed by atoms with Crippen molar-refractivity contribution < 1.29 is 9.13 Å². The van der Waals surface area contributed by atoms with Crippen molar-refractivity contribution in [3.63, 3.8) is 0 Å². The molecule has 1 heterocycles. The molecular formula is C22H22FN3OS. The lowest BCUT2D eigenvalue weighted by Gasteiger charge is -2.34. The first kappa shape index (κ1) is 19.8. The lowest BCUT2D eigenvalue weighted by molar-refractivity contribution is 0.299. The van der Waals surface area contributed by atoms with Crippen LogP contribution in [-0.2, 0) is 6.61 Å². The molecule has 1 atom stereocenters. The fraction of sp³-hybridized carbons (Fsp3) is 0.273. The van der Waals surface area contributed by atoms with Gasteiger partial charge in [0.15, 0.2) is 5.11 Å². The van der Waals surface area contributed by atoms with Crippen molar-refractivity contribution in [3.05, 3.63) is 76.7 Å². The van der Waals surface area contributed by atoms with Crippen molar-refractivity contribution in [2.75, 3.05) is 0 Å². The molecule has 0 radical (unpaired) electrons. The predicted octanol–water partition coefficient (Wildman–Crippen LogP) is 4.75. The van der Waals surface area contributed by atoms with Gasteiger partial charge in [0.25, 0.3) is 0 Å². The Morgan fingerprint density at radius 2 is 1.82 bits per heavy atom. The number of hydrogen-bond acceptors (Lipinski definition) is 3. The van der Waals surface area contributed by atoms with Gasteiger partial charge in [0.1, 0.15) is 18.2 Å². The second-order valence-corrected chi connectivity index (χ2v) is 8.04. The summed E-state index contributed by atoms with van der Waals surface area (Å²) in [6.07, 6.45) is 0. The second-order valence-electron chi connectivity index (χ2n) is 7.63. The number of hydrogen-bond donors (Lipinski definition) is 2. The molecule has 0 amide bonds. The van der Waals surface area contributed by atoms with E-state index in [1.165, 1.54) is 6.07 Å². The Morgan fingerprint density at radius 3 is 2.43 bits per heavy atom. The maximum absolute atomic E-state index is 13.7. The number of rotatable bonds is 4. The summed E-state index contributed by atoms with van der Waals surface area (Å²) in [6.45, 7) is 6.27. The third kappa shape index (κ3) is 4.32. The van der Waals surface area contributed by atoms with Gasteiger partial charge in [0, 0.05) is 16.7 Å². The molecule has 0 aliphatic carbocycles. The molecule has 0 fully saturated rings. The Bertz CT molecular complexity index is 955. The molecule has 1 aliphatic heterocycles. The molecule has 0 aromatic heterocycles. The highest BCUT2D eigenvalue weighted by Crippen LogP contribution is 2.34. The number of allylic oxidation sites excluding steroid dienone is 1. The van der Waals surface area contributed by atoms with Crippen molar-refractivity contribution in [3.8, 4) is 11.8 Å². The van der Waals surface area contributed by atoms with Crippen molar-refractivity contribution in [1.29, 1.82) is 5.26 Å². The number of halogens is 1. The van der Waals surface area contributed by atoms with Crippen molar-refractivity contribution >= 4 is 17.3 Å². The molecule has 144 valence electrons. The topological polar surface area (TPSA) is 57.1 Å². The number of thiocarbonyl (C=S) groups is 1. The molecule has 3 rings (SSSR count). The van der Waals surface area contributed by atoms with E-state index in [-0.39, 0.29) is 23.9 Å². The molecule has 4 nitrogen and oxygen atoms in total. The summed E-state index contributed by atoms with van der Waals surface area (Å²) in [6, 6.07) is 15.9. The number of nitrogens with one attached hydrogen (secondary N) is 2. The van der Waals surface area contributed by atoms with E-state index in [9.17, 15) is 9.65 Å². The predicted molar refractivity (Wildman–Crippen MR) is 111 cm³/mol. The Kier molecular flexibility index (Phi) is 5.66. The third-order valence-electron chi connectivity index (χ3n) is 4.51. The van der Waals surface area contributed by atoms with Gasteiger partial charge < -0.3 is 15.4 Å². The normalized spacial score (nSPS) is 16.8. The van der Waals surface area contributed by atoms with Crippen LogP contribution in [-0.4, -0.2) is 5.11 Å². The summed E-state index contributed by atoms with van der Waals surface area (Å²) < 4.78 is 19.4. The van der Waals surface area contributed by atoms with E-state index in [1.807, 2.05) is 45.0 Å². The molecule has 0 unspecified atom stereocenters. The van der Waals surface area contributed by atoms with Crippen LogP contribution in [0.15, 0.2) is 59.8 Å². The zero-order valence-corrected chi connectivity index (χ0v) is 16.9. The molecule has 28 heavy (non-hydrogen) atoms. The van der Waals surface area contributed by atoms with Crippen LogP contribution in [0.2, 0.25) is 0 Å². The molecule has 6 heteroatoms. The van der Waals surface area contributed by atoms with Crippen LogP contribution in [0.3, 0.4) is 0 Å². The van der Waals surface area contributed by atoms with Gasteiger partial charge in [-0.3, -0.25) is 0 Å². The minimum atomic E-state index is -0.325. The Morgan fingerprint density at radius 1 is 1.14 bits per heavy atom. The van der Waals surface area contributed by atoms with E-state index in [0.29, 0.717) is 22.0 Å². The quantitative estimate of drug-likeness (QED) is 0.732. The van der Waals surface area contributed by atoms with E-state index < -0.39 is 0 Å². The van der Waals surface area contributed by atoms with E-state index in [1.54, 1.807) is 18.2 Å². The summed E-state index contributed by atoms with van der Waals surface area (Å²) >= 11 is 5.34. The Balaban J connectivity index is 1.81. The van der Waals surface area contributed by atoms with Gasteiger partial charge in [-0.1, -0.05) is 51.1 Å². The summed E-state index contributed by atoms with van der Waals surface area (Å²) in [5.74, 6) is 0.340. The molecule has 0 saturated carbocycles. The zero-order valence-electron chi connectivity index (χ0n) is 16.0. The fourth-order valence-corrected chi connectivity index (χ4v) is 3.28. The summed E-state index contributed by atoms with van der Waals surface area (Å²) in [4.78, 5) is 0. The van der Waals surface area contributed by atoms with Gasteiger partial charge in [0.2, 0.25) is 0 Å². The van der Waals surface area contributed by atoms with Crippen molar-refractivity contribution in [2.45, 2.75) is 33.4 Å². The van der Waals surface area contributed by atoms with Gasteiger partial charge in [-0.05, 0) is 36.0 Å². The van der Waals surface area contributed by atoms with Crippen LogP contribution < -0.4 is 15.4 Å². The fourth-order valence-electron chi connectivity index (χ4n) is 3.06. The highest BCUT2D eigenvalue weighted by Gasteiger charge is 2.32. The van der Waals surface area contributed by atoms with Crippen LogP contribution in [0.1, 0.15) is 37.9 Å². The van der Waals surface area contributed by atoms with Gasteiger partial charge >= 0.3 is 0 Å². The number of benzene rings is 2. The first-order chi connectivity index (χ1) is 13.3. The average molecular weight is 396 g/mol. The minimum Gasteiger partial charge on any atom is -0.489 e. The maximum Gasteiger partial charge on any atom is 0.171 e. The molecule has 1 aliphatic rings. The first-order valence-corrected chi connectivity index (χ1v) is 9.39. The monoisotopic (exact) mass is 395 g/mol. The second kappa shape index (κ2) is 7.99. The SMILES string of the molecule is CC(C)(C)C1=C(C#N)[C@@H](c2ccc(OCc3ccccc3F)cc2)NC(=S)N1. The molecule has 2 aromatic rings. The van der Waals surface area contributed by atoms with Gasteiger partial charge in [0.05, 0.1) is 17.7 Å². The van der Waals surface area contributed by atoms with Gasteiger partial charge in [-0.15, -0.1) is 0 Å². The largest absolute Gasteiger partial charge is 0.489 e. The average Bonchev–Trinajstić information content (AvgIpc) is 2.66. The molecule has 0 spiro atoms. The standard InChI is InChI=1S/C22H22FN3OS/c1-22(2,3)20-17(12-24)19(25-21(28)26-20)14-8-10-16(11-9-14)27-13-15-6-4-5-7-18(15)23/h4-11,19H,13H2,1-3H3,(H2,25,26,28)/t19-/m1/s1. The lowest BCUT2D eigenvalue weighted by atomic mass is 9.84. The number of nitriles is 1. The van der Waals surface area contributed by atoms with Crippen molar-refractivity contribution in [2.24, 2.45) is 5.41 Å². The molecule has 2 N–H and O–H groups in total. The van der Waals surface area contributed by atoms with Crippen molar-refractivity contribution in [1.82, 2.24) is 10.6 Å². The summed E-state index contributed by atoms with van der Waals surface area (Å²) in [5, 5.41) is 16.5. The Hall–Kier alpha value is -2.91. The highest BCUT2D eigenvalue weighted by molar-refractivity contribution is 7.80. The molecule has 0 bridgehead atoms. The molecule has 0 saturated heterocycles. The smallest absolute Gasteiger partial charge is 0.171 e. The summed E-state index contributed by atoms with van der Waals surface area (Å²) in [5.41, 5.74) is 2.60. The third-order valence-corrected chi connectivity index (χ3v) is 4.73. The van der Waals surface area contributed by atoms with Crippen LogP contribution in [0, 0.1) is 22.6 Å². The van der Waals surface area contributed by atoms with Gasteiger partial charge in [-0.25, -0.2) is 4.39 Å². The minimum absolute atomic E-state index is 0.152. The Labute approximate surface area is 170 Å². The summed E-state index contributed by atoms with van der Waals surface area (Å²) in [7, 11) is 0. The van der Waals surface area contributed by atoms with E-state index in [4.69, 9.17) is 17.0 Å². The molecule has 2 aromatic carbocycles. The zero-order chi connectivity index (χ0) is 20.3. The van der Waals surface area contributed by atoms with Crippen LogP contribution in [0.25, 0.3) is 0 Å².